The molecule has 2 aliphatic heterocycles. The van der Waals surface area contributed by atoms with Crippen molar-refractivity contribution in [3.05, 3.63) is 23.3 Å². The predicted molar refractivity (Wildman–Crippen MR) is 111 cm³/mol. The second-order valence-corrected chi connectivity index (χ2v) is 8.08. The van der Waals surface area contributed by atoms with E-state index in [1.807, 2.05) is 0 Å². The molecule has 0 saturated carbocycles. The molecule has 2 fully saturated rings. The first kappa shape index (κ1) is 18.6. The lowest BCUT2D eigenvalue weighted by Gasteiger charge is -2.39. The van der Waals surface area contributed by atoms with Gasteiger partial charge in [-0.15, -0.1) is 11.3 Å². The smallest absolute Gasteiger partial charge is 0.222 e. The molecule has 29 heavy (non-hydrogen) atoms. The Morgan fingerprint density at radius 2 is 1.90 bits per heavy atom. The third-order valence-electron chi connectivity index (χ3n) is 5.31. The van der Waals surface area contributed by atoms with Crippen LogP contribution in [0.2, 0.25) is 0 Å². The molecule has 5 rings (SSSR count). The molecule has 2 aliphatic rings. The van der Waals surface area contributed by atoms with Crippen molar-refractivity contribution in [2.75, 3.05) is 63.9 Å². The summed E-state index contributed by atoms with van der Waals surface area (Å²) in [5.41, 5.74) is 1.30. The van der Waals surface area contributed by atoms with E-state index in [-0.39, 0.29) is 5.60 Å². The molecule has 9 nitrogen and oxygen atoms in total. The zero-order valence-electron chi connectivity index (χ0n) is 16.3. The van der Waals surface area contributed by atoms with Crippen molar-refractivity contribution in [2.24, 2.45) is 0 Å². The number of aromatic nitrogens is 4. The molecule has 1 N–H and O–H groups in total. The Morgan fingerprint density at radius 1 is 1.14 bits per heavy atom. The van der Waals surface area contributed by atoms with E-state index in [0.717, 1.165) is 39.6 Å². The molecule has 0 atom stereocenters. The van der Waals surface area contributed by atoms with E-state index in [2.05, 4.69) is 26.3 Å². The van der Waals surface area contributed by atoms with Gasteiger partial charge in [0, 0.05) is 44.5 Å². The van der Waals surface area contributed by atoms with Gasteiger partial charge in [0.25, 0.3) is 0 Å². The molecule has 0 spiro atoms. The SMILES string of the molecule is CNc1ncc(-c2nc(N3CCOCC3)c3sc(C4(OC)COC4)cc3n2)cn1. The number of ether oxygens (including phenoxy) is 3. The van der Waals surface area contributed by atoms with Crippen molar-refractivity contribution in [2.45, 2.75) is 5.60 Å². The van der Waals surface area contributed by atoms with Crippen LogP contribution in [0.3, 0.4) is 0 Å². The Morgan fingerprint density at radius 3 is 2.52 bits per heavy atom. The van der Waals surface area contributed by atoms with Gasteiger partial charge in [0.2, 0.25) is 5.95 Å². The summed E-state index contributed by atoms with van der Waals surface area (Å²) in [6.07, 6.45) is 3.49. The third-order valence-corrected chi connectivity index (χ3v) is 6.61. The first-order chi connectivity index (χ1) is 14.2. The van der Waals surface area contributed by atoms with Gasteiger partial charge < -0.3 is 24.4 Å². The lowest BCUT2D eigenvalue weighted by molar-refractivity contribution is -0.200. The second-order valence-electron chi connectivity index (χ2n) is 7.03. The van der Waals surface area contributed by atoms with E-state index >= 15 is 0 Å². The Hall–Kier alpha value is -2.40. The minimum absolute atomic E-state index is 0.384. The summed E-state index contributed by atoms with van der Waals surface area (Å²) >= 11 is 1.68. The highest BCUT2D eigenvalue weighted by molar-refractivity contribution is 7.19. The Bertz CT molecular complexity index is 1010. The molecule has 152 valence electrons. The van der Waals surface area contributed by atoms with E-state index in [1.54, 1.807) is 37.9 Å². The van der Waals surface area contributed by atoms with Crippen LogP contribution in [0.4, 0.5) is 11.8 Å². The molecule has 3 aromatic heterocycles. The maximum Gasteiger partial charge on any atom is 0.222 e. The number of morpholine rings is 1. The number of rotatable bonds is 5. The molecule has 0 unspecified atom stereocenters. The number of methoxy groups -OCH3 is 1. The fourth-order valence-electron chi connectivity index (χ4n) is 3.48. The van der Waals surface area contributed by atoms with Crippen LogP contribution in [0, 0.1) is 0 Å². The molecule has 2 saturated heterocycles. The maximum absolute atomic E-state index is 5.79. The Balaban J connectivity index is 1.64. The van der Waals surface area contributed by atoms with Gasteiger partial charge in [-0.2, -0.15) is 0 Å². The number of anilines is 2. The van der Waals surface area contributed by atoms with Gasteiger partial charge in [-0.3, -0.25) is 0 Å². The van der Waals surface area contributed by atoms with Gasteiger partial charge in [0.1, 0.15) is 5.60 Å². The van der Waals surface area contributed by atoms with Crippen molar-refractivity contribution >= 4 is 33.3 Å². The maximum atomic E-state index is 5.79. The van der Waals surface area contributed by atoms with Gasteiger partial charge in [-0.25, -0.2) is 19.9 Å². The van der Waals surface area contributed by atoms with E-state index in [0.29, 0.717) is 38.2 Å². The minimum atomic E-state index is -0.384. The highest BCUT2D eigenvalue weighted by Gasteiger charge is 2.42. The van der Waals surface area contributed by atoms with Crippen LogP contribution >= 0.6 is 11.3 Å². The molecule has 0 aromatic carbocycles. The molecule has 0 amide bonds. The average Bonchev–Trinajstić information content (AvgIpc) is 3.17. The fraction of sp³-hybridized carbons (Fsp3) is 0.474. The predicted octanol–water partition coefficient (Wildman–Crippen LogP) is 1.90. The number of nitrogens with one attached hydrogen (secondary N) is 1. The fourth-order valence-corrected chi connectivity index (χ4v) is 4.73. The lowest BCUT2D eigenvalue weighted by Crippen LogP contribution is -2.47. The highest BCUT2D eigenvalue weighted by atomic mass is 32.1. The van der Waals surface area contributed by atoms with E-state index in [1.165, 1.54) is 0 Å². The van der Waals surface area contributed by atoms with Crippen LogP contribution in [0.5, 0.6) is 0 Å². The summed E-state index contributed by atoms with van der Waals surface area (Å²) in [6, 6.07) is 2.10. The van der Waals surface area contributed by atoms with Gasteiger partial charge in [0.15, 0.2) is 11.6 Å². The molecule has 10 heteroatoms. The van der Waals surface area contributed by atoms with Crippen LogP contribution in [-0.2, 0) is 19.8 Å². The topological polar surface area (TPSA) is 94.5 Å². The van der Waals surface area contributed by atoms with Gasteiger partial charge in [-0.1, -0.05) is 0 Å². The van der Waals surface area contributed by atoms with Gasteiger partial charge in [-0.05, 0) is 6.07 Å². The summed E-state index contributed by atoms with van der Waals surface area (Å²) in [5.74, 6) is 2.10. The van der Waals surface area contributed by atoms with Crippen LogP contribution in [0.1, 0.15) is 4.88 Å². The molecule has 3 aromatic rings. The largest absolute Gasteiger partial charge is 0.378 e. The number of fused-ring (bicyclic) bond motifs is 1. The van der Waals surface area contributed by atoms with Gasteiger partial charge in [0.05, 0.1) is 42.2 Å². The van der Waals surface area contributed by atoms with E-state index < -0.39 is 0 Å². The molecular formula is C19H22N6O3S. The third kappa shape index (κ3) is 3.21. The van der Waals surface area contributed by atoms with Crippen molar-refractivity contribution in [3.63, 3.8) is 0 Å². The number of hydrogen-bond donors (Lipinski definition) is 1. The summed E-state index contributed by atoms with van der Waals surface area (Å²) < 4.78 is 17.8. The average molecular weight is 414 g/mol. The van der Waals surface area contributed by atoms with Crippen molar-refractivity contribution in [3.8, 4) is 11.4 Å². The van der Waals surface area contributed by atoms with Crippen molar-refractivity contribution in [1.29, 1.82) is 0 Å². The number of nitrogens with zero attached hydrogens (tertiary/aromatic N) is 5. The lowest BCUT2D eigenvalue weighted by atomic mass is 10.00. The standard InChI is InChI=1S/C19H22N6O3S/c1-20-18-21-8-12(9-22-18)16-23-13-7-14(19(26-2)10-28-11-19)29-15(13)17(24-16)25-3-5-27-6-4-25/h7-9H,3-6,10-11H2,1-2H3,(H,20,21,22). The quantitative estimate of drug-likeness (QED) is 0.672. The van der Waals surface area contributed by atoms with Crippen LogP contribution < -0.4 is 10.2 Å². The minimum Gasteiger partial charge on any atom is -0.378 e. The number of hydrogen-bond acceptors (Lipinski definition) is 10. The summed E-state index contributed by atoms with van der Waals surface area (Å²) in [5, 5.41) is 2.93. The zero-order chi connectivity index (χ0) is 19.8. The molecular weight excluding hydrogens is 392 g/mol. The number of thiophene rings is 1. The normalized spacial score (nSPS) is 18.6. The summed E-state index contributed by atoms with van der Waals surface area (Å²) in [7, 11) is 3.52. The Kier molecular flexibility index (Phi) is 4.78. The van der Waals surface area contributed by atoms with E-state index in [4.69, 9.17) is 24.2 Å². The Labute approximate surface area is 172 Å². The molecule has 0 radical (unpaired) electrons. The first-order valence-corrected chi connectivity index (χ1v) is 10.3. The molecule has 5 heterocycles. The monoisotopic (exact) mass is 414 g/mol. The van der Waals surface area contributed by atoms with E-state index in [9.17, 15) is 0 Å². The van der Waals surface area contributed by atoms with Gasteiger partial charge >= 0.3 is 0 Å². The molecule has 0 bridgehead atoms. The van der Waals surface area contributed by atoms with Crippen LogP contribution in [-0.4, -0.2) is 73.6 Å². The summed E-state index contributed by atoms with van der Waals surface area (Å²) in [4.78, 5) is 21.7. The van der Waals surface area contributed by atoms with Crippen LogP contribution in [0.15, 0.2) is 18.5 Å². The highest BCUT2D eigenvalue weighted by Crippen LogP contribution is 2.42. The second kappa shape index (κ2) is 7.45. The summed E-state index contributed by atoms with van der Waals surface area (Å²) in [6.45, 7) is 4.09. The van der Waals surface area contributed by atoms with Crippen molar-refractivity contribution < 1.29 is 14.2 Å². The first-order valence-electron chi connectivity index (χ1n) is 9.50. The zero-order valence-corrected chi connectivity index (χ0v) is 17.2. The molecule has 0 aliphatic carbocycles. The van der Waals surface area contributed by atoms with Crippen LogP contribution in [0.25, 0.3) is 21.6 Å². The van der Waals surface area contributed by atoms with Crippen molar-refractivity contribution in [1.82, 2.24) is 19.9 Å².